The van der Waals surface area contributed by atoms with E-state index in [1.807, 2.05) is 30.5 Å². The second-order valence-electron chi connectivity index (χ2n) is 9.11. The molecule has 2 aliphatic heterocycles. The zero-order chi connectivity index (χ0) is 23.5. The Morgan fingerprint density at radius 1 is 1.26 bits per heavy atom. The number of nitrogens with zero attached hydrogens (tertiary/aromatic N) is 3. The van der Waals surface area contributed by atoms with Crippen LogP contribution in [0.15, 0.2) is 41.5 Å². The minimum atomic E-state index is 0.111. The summed E-state index contributed by atoms with van der Waals surface area (Å²) in [5, 5.41) is 4.64. The van der Waals surface area contributed by atoms with Crippen LogP contribution in [-0.4, -0.2) is 40.2 Å². The van der Waals surface area contributed by atoms with E-state index in [1.54, 1.807) is 6.20 Å². The number of aliphatic imine (C=N–C) groups is 1. The summed E-state index contributed by atoms with van der Waals surface area (Å²) in [6.45, 7) is 3.66. The van der Waals surface area contributed by atoms with Gasteiger partial charge in [0.2, 0.25) is 5.95 Å². The predicted octanol–water partition coefficient (Wildman–Crippen LogP) is 6.20. The minimum absolute atomic E-state index is 0.111. The fraction of sp³-hybridized carbons (Fsp3) is 0.385. The number of H-pyrrole nitrogens is 1. The van der Waals surface area contributed by atoms with Gasteiger partial charge in [0.05, 0.1) is 27.6 Å². The molecule has 0 radical (unpaired) electrons. The van der Waals surface area contributed by atoms with Crippen LogP contribution in [0, 0.1) is 11.8 Å². The average Bonchev–Trinajstić information content (AvgIpc) is 3.10. The van der Waals surface area contributed by atoms with Crippen molar-refractivity contribution >= 4 is 51.8 Å². The highest BCUT2D eigenvalue weighted by molar-refractivity contribution is 6.35. The van der Waals surface area contributed by atoms with Crippen molar-refractivity contribution in [2.45, 2.75) is 39.0 Å². The topological polar surface area (TPSA) is 92.3 Å². The first-order valence-electron chi connectivity index (χ1n) is 11.8. The van der Waals surface area contributed by atoms with Crippen LogP contribution < -0.4 is 5.32 Å². The van der Waals surface area contributed by atoms with E-state index in [4.69, 9.17) is 16.3 Å². The Kier molecular flexibility index (Phi) is 6.74. The average molecular weight is 478 g/mol. The number of hydrogen-bond acceptors (Lipinski definition) is 6. The van der Waals surface area contributed by atoms with Crippen LogP contribution in [0.2, 0.25) is 5.02 Å². The van der Waals surface area contributed by atoms with Crippen LogP contribution in [0.1, 0.15) is 55.2 Å². The summed E-state index contributed by atoms with van der Waals surface area (Å²) in [5.74, 6) is 1.38. The van der Waals surface area contributed by atoms with Crippen molar-refractivity contribution in [2.75, 3.05) is 18.5 Å². The summed E-state index contributed by atoms with van der Waals surface area (Å²) >= 11 is 6.56. The molecular formula is C26H28ClN5O2. The maximum absolute atomic E-state index is 12.9. The molecule has 2 N–H and O–H groups in total. The second kappa shape index (κ2) is 10.1. The molecule has 0 aliphatic carbocycles. The number of rotatable bonds is 6. The van der Waals surface area contributed by atoms with E-state index in [9.17, 15) is 4.79 Å². The van der Waals surface area contributed by atoms with Gasteiger partial charge in [0.25, 0.3) is 0 Å². The number of benzene rings is 1. The molecule has 2 atom stereocenters. The second-order valence-corrected chi connectivity index (χ2v) is 9.52. The summed E-state index contributed by atoms with van der Waals surface area (Å²) in [7, 11) is 0. The monoisotopic (exact) mass is 477 g/mol. The van der Waals surface area contributed by atoms with Crippen molar-refractivity contribution in [1.82, 2.24) is 15.0 Å². The molecular weight excluding hydrogens is 450 g/mol. The Labute approximate surface area is 203 Å². The van der Waals surface area contributed by atoms with Gasteiger partial charge >= 0.3 is 0 Å². The lowest BCUT2D eigenvalue weighted by Crippen LogP contribution is -2.09. The van der Waals surface area contributed by atoms with Crippen LogP contribution in [0.25, 0.3) is 16.6 Å². The number of halogens is 1. The molecule has 8 heteroatoms. The summed E-state index contributed by atoms with van der Waals surface area (Å²) < 4.78 is 5.52. The number of aromatic amines is 1. The first kappa shape index (κ1) is 22.7. The number of ketones is 1. The number of hydrogen-bond donors (Lipinski definition) is 2. The van der Waals surface area contributed by atoms with Crippen molar-refractivity contribution in [3.05, 3.63) is 52.9 Å². The van der Waals surface area contributed by atoms with Gasteiger partial charge in [-0.3, -0.25) is 9.79 Å². The van der Waals surface area contributed by atoms with Gasteiger partial charge < -0.3 is 15.0 Å². The van der Waals surface area contributed by atoms with Crippen molar-refractivity contribution in [3.8, 4) is 0 Å². The predicted molar refractivity (Wildman–Crippen MR) is 136 cm³/mol. The molecule has 2 aromatic heterocycles. The maximum atomic E-state index is 12.9. The molecule has 0 amide bonds. The number of fused-ring (bicyclic) bond motifs is 1. The van der Waals surface area contributed by atoms with E-state index in [1.165, 1.54) is 0 Å². The molecule has 2 unspecified atom stereocenters. The number of allylic oxidation sites excluding steroid dienone is 1. The molecule has 4 heterocycles. The third-order valence-corrected chi connectivity index (χ3v) is 6.65. The normalized spacial score (nSPS) is 20.7. The number of nitrogens with one attached hydrogen (secondary N) is 2. The molecule has 0 bridgehead atoms. The van der Waals surface area contributed by atoms with Gasteiger partial charge in [-0.05, 0) is 61.8 Å². The standard InChI is InChI=1S/C26H28ClN5O2/c1-16-4-5-21(29-15-16)22-6-8-28-26(32-22)30-19-12-18-13-23(31-25(18)20(27)14-19)24(33)11-17-3-2-9-34-10-7-17/h5-6,8,12-17,31H,2-4,7,9-11H2,1H3,(H,28,30,32). The van der Waals surface area contributed by atoms with Crippen LogP contribution in [-0.2, 0) is 4.74 Å². The molecule has 5 rings (SSSR count). The molecule has 0 saturated carbocycles. The third kappa shape index (κ3) is 5.21. The Hall–Kier alpha value is -3.03. The summed E-state index contributed by atoms with van der Waals surface area (Å²) in [6.07, 6.45) is 10.2. The van der Waals surface area contributed by atoms with Crippen molar-refractivity contribution in [3.63, 3.8) is 0 Å². The lowest BCUT2D eigenvalue weighted by Gasteiger charge is -2.11. The van der Waals surface area contributed by atoms with Crippen molar-refractivity contribution in [1.29, 1.82) is 0 Å². The maximum Gasteiger partial charge on any atom is 0.227 e. The molecule has 7 nitrogen and oxygen atoms in total. The molecule has 1 fully saturated rings. The Morgan fingerprint density at radius 3 is 3.03 bits per heavy atom. The van der Waals surface area contributed by atoms with E-state index >= 15 is 0 Å². The molecule has 1 aromatic carbocycles. The highest BCUT2D eigenvalue weighted by atomic mass is 35.5. The van der Waals surface area contributed by atoms with Gasteiger partial charge in [-0.1, -0.05) is 24.6 Å². The first-order chi connectivity index (χ1) is 16.5. The van der Waals surface area contributed by atoms with E-state index in [0.717, 1.165) is 66.9 Å². The van der Waals surface area contributed by atoms with E-state index in [2.05, 4.69) is 38.3 Å². The Morgan fingerprint density at radius 2 is 2.18 bits per heavy atom. The van der Waals surface area contributed by atoms with Gasteiger partial charge in [-0.2, -0.15) is 0 Å². The molecule has 176 valence electrons. The fourth-order valence-corrected chi connectivity index (χ4v) is 4.72. The number of carbonyl (C=O) groups is 1. The van der Waals surface area contributed by atoms with Crippen LogP contribution >= 0.6 is 11.6 Å². The van der Waals surface area contributed by atoms with E-state index < -0.39 is 0 Å². The van der Waals surface area contributed by atoms with Crippen molar-refractivity contribution in [2.24, 2.45) is 16.8 Å². The lowest BCUT2D eigenvalue weighted by molar-refractivity contribution is 0.0948. The van der Waals surface area contributed by atoms with E-state index in [-0.39, 0.29) is 5.78 Å². The van der Waals surface area contributed by atoms with Crippen LogP contribution in [0.3, 0.4) is 0 Å². The van der Waals surface area contributed by atoms with Crippen LogP contribution in [0.5, 0.6) is 0 Å². The number of aromatic nitrogens is 3. The summed E-state index contributed by atoms with van der Waals surface area (Å²) in [5.41, 5.74) is 3.72. The zero-order valence-corrected chi connectivity index (χ0v) is 19.9. The number of anilines is 2. The quantitative estimate of drug-likeness (QED) is 0.412. The molecule has 3 aromatic rings. The van der Waals surface area contributed by atoms with E-state index in [0.29, 0.717) is 34.9 Å². The smallest absolute Gasteiger partial charge is 0.227 e. The largest absolute Gasteiger partial charge is 0.381 e. The Balaban J connectivity index is 1.33. The SMILES string of the molecule is CC1C=NC(c2ccnc(Nc3cc(Cl)c4[nH]c(C(=O)CC5CCCOCC5)cc4c3)n2)=CC1. The van der Waals surface area contributed by atoms with Gasteiger partial charge in [-0.25, -0.2) is 9.97 Å². The number of carbonyl (C=O) groups excluding carboxylic acids is 1. The third-order valence-electron chi connectivity index (χ3n) is 6.35. The van der Waals surface area contributed by atoms with Crippen LogP contribution in [0.4, 0.5) is 11.6 Å². The zero-order valence-electron chi connectivity index (χ0n) is 19.2. The van der Waals surface area contributed by atoms with Gasteiger partial charge in [0, 0.05) is 43.1 Å². The Bertz CT molecular complexity index is 1260. The van der Waals surface area contributed by atoms with Gasteiger partial charge in [0.15, 0.2) is 5.78 Å². The molecule has 34 heavy (non-hydrogen) atoms. The first-order valence-corrected chi connectivity index (χ1v) is 12.2. The highest BCUT2D eigenvalue weighted by Gasteiger charge is 2.19. The van der Waals surface area contributed by atoms with Gasteiger partial charge in [0.1, 0.15) is 0 Å². The fourth-order valence-electron chi connectivity index (χ4n) is 4.45. The highest BCUT2D eigenvalue weighted by Crippen LogP contribution is 2.31. The van der Waals surface area contributed by atoms with Gasteiger partial charge in [-0.15, -0.1) is 0 Å². The number of Topliss-reactive ketones (excluding diaryl/α,β-unsaturated/α-hetero) is 1. The van der Waals surface area contributed by atoms with Crippen molar-refractivity contribution < 1.29 is 9.53 Å². The summed E-state index contributed by atoms with van der Waals surface area (Å²) in [4.78, 5) is 29.6. The number of ether oxygens (including phenoxy) is 1. The minimum Gasteiger partial charge on any atom is -0.381 e. The molecule has 2 aliphatic rings. The summed E-state index contributed by atoms with van der Waals surface area (Å²) in [6, 6.07) is 7.49. The molecule has 1 saturated heterocycles. The molecule has 0 spiro atoms. The lowest BCUT2D eigenvalue weighted by atomic mass is 9.94.